The molecule has 2 aromatic carbocycles. The van der Waals surface area contributed by atoms with Crippen molar-refractivity contribution in [3.8, 4) is 11.3 Å². The molecule has 6 heteroatoms. The van der Waals surface area contributed by atoms with Gasteiger partial charge in [-0.2, -0.15) is 0 Å². The summed E-state index contributed by atoms with van der Waals surface area (Å²) in [4.78, 5) is 8.95. The topological polar surface area (TPSA) is 63.0 Å². The summed E-state index contributed by atoms with van der Waals surface area (Å²) >= 11 is 6.03. The molecule has 0 amide bonds. The molecular weight excluding hydrogens is 348 g/mol. The van der Waals surface area contributed by atoms with E-state index in [0.717, 1.165) is 27.8 Å². The average molecular weight is 365 g/mol. The molecule has 2 heterocycles. The summed E-state index contributed by atoms with van der Waals surface area (Å²) in [7, 11) is 0. The van der Waals surface area contributed by atoms with E-state index in [0.29, 0.717) is 17.5 Å². The summed E-state index contributed by atoms with van der Waals surface area (Å²) in [6.07, 6.45) is 3.72. The standard InChI is InChI=1S/C20H17ClN4O/c21-14-3-1-4-15(13-14)23-20-22-9-7-18(24-20)16-5-2-6-19-17(16)8-10-25(19)11-12-26/h1-10,13,26H,11-12H2,(H,22,23,24). The molecule has 0 spiro atoms. The highest BCUT2D eigenvalue weighted by Crippen LogP contribution is 2.29. The number of fused-ring (bicyclic) bond motifs is 1. The number of aliphatic hydroxyl groups is 1. The van der Waals surface area contributed by atoms with Gasteiger partial charge < -0.3 is 15.0 Å². The number of anilines is 2. The SMILES string of the molecule is OCCn1ccc2c(-c3ccnc(Nc4cccc(Cl)c4)n3)cccc21. The maximum atomic E-state index is 9.22. The highest BCUT2D eigenvalue weighted by Gasteiger charge is 2.09. The van der Waals surface area contributed by atoms with Crippen LogP contribution in [0.25, 0.3) is 22.2 Å². The van der Waals surface area contributed by atoms with Crippen LogP contribution in [-0.4, -0.2) is 26.2 Å². The van der Waals surface area contributed by atoms with Crippen molar-refractivity contribution in [1.29, 1.82) is 0 Å². The molecule has 4 rings (SSSR count). The molecule has 0 saturated carbocycles. The summed E-state index contributed by atoms with van der Waals surface area (Å²) < 4.78 is 2.03. The maximum Gasteiger partial charge on any atom is 0.227 e. The lowest BCUT2D eigenvalue weighted by atomic mass is 10.1. The molecule has 0 saturated heterocycles. The number of hydrogen-bond donors (Lipinski definition) is 2. The Labute approximate surface area is 155 Å². The molecule has 26 heavy (non-hydrogen) atoms. The zero-order valence-corrected chi connectivity index (χ0v) is 14.7. The van der Waals surface area contributed by atoms with Crippen LogP contribution in [0.15, 0.2) is 67.0 Å². The fraction of sp³-hybridized carbons (Fsp3) is 0.100. The van der Waals surface area contributed by atoms with E-state index in [1.54, 1.807) is 6.20 Å². The molecule has 0 bridgehead atoms. The minimum absolute atomic E-state index is 0.106. The van der Waals surface area contributed by atoms with E-state index in [2.05, 4.69) is 15.3 Å². The lowest BCUT2D eigenvalue weighted by Gasteiger charge is -2.08. The zero-order chi connectivity index (χ0) is 17.9. The van der Waals surface area contributed by atoms with Crippen molar-refractivity contribution in [3.05, 3.63) is 72.0 Å². The number of hydrogen-bond acceptors (Lipinski definition) is 4. The Kier molecular flexibility index (Phi) is 4.56. The van der Waals surface area contributed by atoms with Crippen molar-refractivity contribution in [2.24, 2.45) is 0 Å². The van der Waals surface area contributed by atoms with Gasteiger partial charge in [-0.1, -0.05) is 29.8 Å². The molecule has 0 aliphatic carbocycles. The lowest BCUT2D eigenvalue weighted by Crippen LogP contribution is -2.00. The van der Waals surface area contributed by atoms with Crippen LogP contribution < -0.4 is 5.32 Å². The van der Waals surface area contributed by atoms with E-state index in [4.69, 9.17) is 11.6 Å². The Morgan fingerprint density at radius 2 is 1.96 bits per heavy atom. The number of nitrogens with zero attached hydrogens (tertiary/aromatic N) is 3. The van der Waals surface area contributed by atoms with Crippen molar-refractivity contribution in [2.45, 2.75) is 6.54 Å². The number of halogens is 1. The number of benzene rings is 2. The van der Waals surface area contributed by atoms with E-state index >= 15 is 0 Å². The number of rotatable bonds is 5. The summed E-state index contributed by atoms with van der Waals surface area (Å²) in [5, 5.41) is 14.1. The van der Waals surface area contributed by atoms with Gasteiger partial charge in [-0.05, 0) is 36.4 Å². The van der Waals surface area contributed by atoms with Crippen LogP contribution in [0.5, 0.6) is 0 Å². The second-order valence-electron chi connectivity index (χ2n) is 5.87. The van der Waals surface area contributed by atoms with Gasteiger partial charge in [0.15, 0.2) is 0 Å². The molecule has 0 atom stereocenters. The highest BCUT2D eigenvalue weighted by molar-refractivity contribution is 6.30. The molecule has 0 aliphatic heterocycles. The smallest absolute Gasteiger partial charge is 0.227 e. The fourth-order valence-electron chi connectivity index (χ4n) is 3.01. The van der Waals surface area contributed by atoms with E-state index in [-0.39, 0.29) is 6.61 Å². The monoisotopic (exact) mass is 364 g/mol. The normalized spacial score (nSPS) is 11.0. The van der Waals surface area contributed by atoms with Gasteiger partial charge in [0.25, 0.3) is 0 Å². The van der Waals surface area contributed by atoms with Gasteiger partial charge in [-0.15, -0.1) is 0 Å². The minimum Gasteiger partial charge on any atom is -0.395 e. The van der Waals surface area contributed by atoms with Crippen LogP contribution >= 0.6 is 11.6 Å². The number of aromatic nitrogens is 3. The molecule has 0 radical (unpaired) electrons. The summed E-state index contributed by atoms with van der Waals surface area (Å²) in [5.41, 5.74) is 3.76. The predicted molar refractivity (Wildman–Crippen MR) is 105 cm³/mol. The first-order valence-electron chi connectivity index (χ1n) is 8.29. The van der Waals surface area contributed by atoms with Crippen LogP contribution in [0, 0.1) is 0 Å². The number of aliphatic hydroxyl groups excluding tert-OH is 1. The molecule has 4 aromatic rings. The van der Waals surface area contributed by atoms with Crippen LogP contribution in [0.4, 0.5) is 11.6 Å². The van der Waals surface area contributed by atoms with Crippen molar-refractivity contribution in [3.63, 3.8) is 0 Å². The Hall–Kier alpha value is -2.89. The van der Waals surface area contributed by atoms with Gasteiger partial charge in [-0.25, -0.2) is 9.97 Å². The van der Waals surface area contributed by atoms with Gasteiger partial charge in [0, 0.05) is 46.1 Å². The fourth-order valence-corrected chi connectivity index (χ4v) is 3.20. The van der Waals surface area contributed by atoms with Gasteiger partial charge in [0.2, 0.25) is 5.95 Å². The van der Waals surface area contributed by atoms with Gasteiger partial charge >= 0.3 is 0 Å². The minimum atomic E-state index is 0.106. The molecule has 0 unspecified atom stereocenters. The van der Waals surface area contributed by atoms with E-state index in [1.165, 1.54) is 0 Å². The van der Waals surface area contributed by atoms with E-state index in [9.17, 15) is 5.11 Å². The third kappa shape index (κ3) is 3.27. The third-order valence-corrected chi connectivity index (χ3v) is 4.40. The van der Waals surface area contributed by atoms with Gasteiger partial charge in [0.05, 0.1) is 12.3 Å². The molecule has 2 N–H and O–H groups in total. The lowest BCUT2D eigenvalue weighted by molar-refractivity contribution is 0.278. The quantitative estimate of drug-likeness (QED) is 0.547. The molecule has 0 aliphatic rings. The van der Waals surface area contributed by atoms with Gasteiger partial charge in [-0.3, -0.25) is 0 Å². The summed E-state index contributed by atoms with van der Waals surface area (Å²) in [6.45, 7) is 0.674. The Morgan fingerprint density at radius 1 is 1.08 bits per heavy atom. The molecular formula is C20H17ClN4O. The van der Waals surface area contributed by atoms with Crippen molar-refractivity contribution in [1.82, 2.24) is 14.5 Å². The Bertz CT molecular complexity index is 1060. The molecule has 2 aromatic heterocycles. The summed E-state index contributed by atoms with van der Waals surface area (Å²) in [5.74, 6) is 0.511. The van der Waals surface area contributed by atoms with E-state index in [1.807, 2.05) is 65.4 Å². The summed E-state index contributed by atoms with van der Waals surface area (Å²) in [6, 6.07) is 17.5. The first kappa shape index (κ1) is 16.6. The van der Waals surface area contributed by atoms with Crippen LogP contribution in [0.2, 0.25) is 5.02 Å². The Balaban J connectivity index is 1.71. The van der Waals surface area contributed by atoms with Gasteiger partial charge in [0.1, 0.15) is 0 Å². The van der Waals surface area contributed by atoms with Crippen molar-refractivity contribution in [2.75, 3.05) is 11.9 Å². The second kappa shape index (κ2) is 7.15. The largest absolute Gasteiger partial charge is 0.395 e. The first-order chi connectivity index (χ1) is 12.7. The third-order valence-electron chi connectivity index (χ3n) is 4.17. The maximum absolute atomic E-state index is 9.22. The molecule has 130 valence electrons. The van der Waals surface area contributed by atoms with Crippen LogP contribution in [-0.2, 0) is 6.54 Å². The van der Waals surface area contributed by atoms with Crippen molar-refractivity contribution >= 4 is 34.1 Å². The second-order valence-corrected chi connectivity index (χ2v) is 6.31. The average Bonchev–Trinajstić information content (AvgIpc) is 3.05. The van der Waals surface area contributed by atoms with Crippen molar-refractivity contribution < 1.29 is 5.11 Å². The molecule has 5 nitrogen and oxygen atoms in total. The van der Waals surface area contributed by atoms with Crippen LogP contribution in [0.1, 0.15) is 0 Å². The highest BCUT2D eigenvalue weighted by atomic mass is 35.5. The zero-order valence-electron chi connectivity index (χ0n) is 13.9. The molecule has 0 fully saturated rings. The predicted octanol–water partition coefficient (Wildman–Crippen LogP) is 4.49. The Morgan fingerprint density at radius 3 is 2.81 bits per heavy atom. The van der Waals surface area contributed by atoms with E-state index < -0.39 is 0 Å². The first-order valence-corrected chi connectivity index (χ1v) is 8.67. The number of nitrogens with one attached hydrogen (secondary N) is 1. The van der Waals surface area contributed by atoms with Crippen LogP contribution in [0.3, 0.4) is 0 Å².